The zero-order valence-corrected chi connectivity index (χ0v) is 12.3. The van der Waals surface area contributed by atoms with Gasteiger partial charge in [0.15, 0.2) is 0 Å². The lowest BCUT2D eigenvalue weighted by atomic mass is 10.1. The van der Waals surface area contributed by atoms with Crippen LogP contribution in [-0.2, 0) is 0 Å². The van der Waals surface area contributed by atoms with E-state index in [4.69, 9.17) is 11.6 Å². The fourth-order valence-electron chi connectivity index (χ4n) is 1.97. The van der Waals surface area contributed by atoms with Gasteiger partial charge in [0, 0.05) is 23.8 Å². The summed E-state index contributed by atoms with van der Waals surface area (Å²) in [7, 11) is 1.57. The molecule has 0 aliphatic carbocycles. The van der Waals surface area contributed by atoms with Gasteiger partial charge in [-0.1, -0.05) is 23.7 Å². The van der Waals surface area contributed by atoms with Crippen LogP contribution in [-0.4, -0.2) is 17.9 Å². The highest BCUT2D eigenvalue weighted by Gasteiger charge is 2.24. The number of rotatable bonds is 3. The van der Waals surface area contributed by atoms with Crippen LogP contribution in [0.25, 0.3) is 0 Å². The first-order valence-corrected chi connectivity index (χ1v) is 6.56. The Labute approximate surface area is 126 Å². The standard InChI is InChI=1S/C15H13ClN2O3/c1-10-4-3-5-12(8-10)17(2)15(19)13-9-11(16)6-7-14(13)18(20)21/h3-9H,1-2H3. The number of nitro groups is 1. The molecule has 0 aliphatic rings. The molecule has 21 heavy (non-hydrogen) atoms. The summed E-state index contributed by atoms with van der Waals surface area (Å²) in [5.41, 5.74) is 1.36. The summed E-state index contributed by atoms with van der Waals surface area (Å²) in [6.45, 7) is 1.91. The van der Waals surface area contributed by atoms with E-state index in [9.17, 15) is 14.9 Å². The molecular formula is C15H13ClN2O3. The van der Waals surface area contributed by atoms with Crippen LogP contribution < -0.4 is 4.90 Å². The number of anilines is 1. The molecule has 0 aliphatic heterocycles. The number of carbonyl (C=O) groups is 1. The molecule has 0 saturated carbocycles. The van der Waals surface area contributed by atoms with Crippen molar-refractivity contribution in [3.63, 3.8) is 0 Å². The van der Waals surface area contributed by atoms with E-state index in [1.54, 1.807) is 13.1 Å². The maximum absolute atomic E-state index is 12.5. The molecule has 0 N–H and O–H groups in total. The highest BCUT2D eigenvalue weighted by molar-refractivity contribution is 6.31. The quantitative estimate of drug-likeness (QED) is 0.639. The van der Waals surface area contributed by atoms with Crippen LogP contribution in [0.3, 0.4) is 0 Å². The summed E-state index contributed by atoms with van der Waals surface area (Å²) in [6.07, 6.45) is 0. The van der Waals surface area contributed by atoms with Gasteiger partial charge in [-0.15, -0.1) is 0 Å². The van der Waals surface area contributed by atoms with Gasteiger partial charge < -0.3 is 4.90 Å². The lowest BCUT2D eigenvalue weighted by molar-refractivity contribution is -0.385. The van der Waals surface area contributed by atoms with Crippen LogP contribution in [0.15, 0.2) is 42.5 Å². The Morgan fingerprint density at radius 3 is 2.57 bits per heavy atom. The molecule has 0 radical (unpaired) electrons. The maximum atomic E-state index is 12.5. The molecule has 0 aromatic heterocycles. The smallest absolute Gasteiger partial charge is 0.282 e. The Bertz CT molecular complexity index is 716. The Morgan fingerprint density at radius 1 is 1.24 bits per heavy atom. The molecule has 0 atom stereocenters. The number of carbonyl (C=O) groups excluding carboxylic acids is 1. The monoisotopic (exact) mass is 304 g/mol. The van der Waals surface area contributed by atoms with Crippen LogP contribution in [0.1, 0.15) is 15.9 Å². The third-order valence-electron chi connectivity index (χ3n) is 3.08. The zero-order chi connectivity index (χ0) is 15.6. The van der Waals surface area contributed by atoms with E-state index >= 15 is 0 Å². The van der Waals surface area contributed by atoms with Crippen LogP contribution in [0.2, 0.25) is 5.02 Å². The van der Waals surface area contributed by atoms with E-state index < -0.39 is 10.8 Å². The summed E-state index contributed by atoms with van der Waals surface area (Å²) >= 11 is 5.85. The molecule has 108 valence electrons. The Morgan fingerprint density at radius 2 is 1.95 bits per heavy atom. The van der Waals surface area contributed by atoms with E-state index in [-0.39, 0.29) is 16.3 Å². The number of hydrogen-bond donors (Lipinski definition) is 0. The summed E-state index contributed by atoms with van der Waals surface area (Å²) < 4.78 is 0. The third kappa shape index (κ3) is 3.20. The molecule has 1 amide bonds. The van der Waals surface area contributed by atoms with Crippen molar-refractivity contribution in [2.75, 3.05) is 11.9 Å². The molecule has 5 nitrogen and oxygen atoms in total. The predicted octanol–water partition coefficient (Wildman–Crippen LogP) is 3.83. The molecule has 0 saturated heterocycles. The van der Waals surface area contributed by atoms with E-state index in [1.807, 2.05) is 25.1 Å². The lowest BCUT2D eigenvalue weighted by Crippen LogP contribution is -2.27. The van der Waals surface area contributed by atoms with E-state index in [1.165, 1.54) is 23.1 Å². The van der Waals surface area contributed by atoms with Crippen molar-refractivity contribution in [3.8, 4) is 0 Å². The number of benzene rings is 2. The molecule has 0 unspecified atom stereocenters. The molecule has 2 aromatic rings. The molecule has 2 aromatic carbocycles. The Balaban J connectivity index is 2.44. The second-order valence-corrected chi connectivity index (χ2v) is 5.06. The molecule has 0 bridgehead atoms. The minimum absolute atomic E-state index is 0.0310. The molecule has 0 spiro atoms. The van der Waals surface area contributed by atoms with Gasteiger partial charge in [-0.3, -0.25) is 14.9 Å². The number of hydrogen-bond acceptors (Lipinski definition) is 3. The lowest BCUT2D eigenvalue weighted by Gasteiger charge is -2.18. The van der Waals surface area contributed by atoms with Crippen molar-refractivity contribution in [2.45, 2.75) is 6.92 Å². The minimum Gasteiger partial charge on any atom is -0.311 e. The van der Waals surface area contributed by atoms with Gasteiger partial charge >= 0.3 is 0 Å². The highest BCUT2D eigenvalue weighted by atomic mass is 35.5. The highest BCUT2D eigenvalue weighted by Crippen LogP contribution is 2.26. The van der Waals surface area contributed by atoms with Crippen molar-refractivity contribution >= 4 is 28.9 Å². The predicted molar refractivity (Wildman–Crippen MR) is 82.0 cm³/mol. The minimum atomic E-state index is -0.590. The third-order valence-corrected chi connectivity index (χ3v) is 3.31. The first kappa shape index (κ1) is 15.0. The average molecular weight is 305 g/mol. The van der Waals surface area contributed by atoms with Crippen molar-refractivity contribution in [1.29, 1.82) is 0 Å². The largest absolute Gasteiger partial charge is 0.311 e. The average Bonchev–Trinajstić information content (AvgIpc) is 2.45. The second-order valence-electron chi connectivity index (χ2n) is 4.62. The number of amides is 1. The van der Waals surface area contributed by atoms with Crippen molar-refractivity contribution in [1.82, 2.24) is 0 Å². The van der Waals surface area contributed by atoms with Gasteiger partial charge in [0.1, 0.15) is 5.56 Å². The molecular weight excluding hydrogens is 292 g/mol. The first-order chi connectivity index (χ1) is 9.90. The Hall–Kier alpha value is -2.40. The summed E-state index contributed by atoms with van der Waals surface area (Å²) in [6, 6.07) is 11.3. The van der Waals surface area contributed by atoms with E-state index in [0.29, 0.717) is 5.69 Å². The van der Waals surface area contributed by atoms with E-state index in [2.05, 4.69) is 0 Å². The van der Waals surface area contributed by atoms with Crippen molar-refractivity contribution < 1.29 is 9.72 Å². The summed E-state index contributed by atoms with van der Waals surface area (Å²) in [5, 5.41) is 11.3. The topological polar surface area (TPSA) is 63.5 Å². The van der Waals surface area contributed by atoms with Gasteiger partial charge in [0.25, 0.3) is 11.6 Å². The van der Waals surface area contributed by atoms with Crippen LogP contribution >= 0.6 is 11.6 Å². The molecule has 0 heterocycles. The van der Waals surface area contributed by atoms with Gasteiger partial charge in [-0.25, -0.2) is 0 Å². The van der Waals surface area contributed by atoms with Gasteiger partial charge in [0.05, 0.1) is 4.92 Å². The molecule has 0 fully saturated rings. The normalized spacial score (nSPS) is 10.2. The van der Waals surface area contributed by atoms with Gasteiger partial charge in [0.2, 0.25) is 0 Å². The number of halogens is 1. The van der Waals surface area contributed by atoms with Gasteiger partial charge in [-0.2, -0.15) is 0 Å². The second kappa shape index (κ2) is 5.93. The number of aryl methyl sites for hydroxylation is 1. The van der Waals surface area contributed by atoms with Crippen LogP contribution in [0.4, 0.5) is 11.4 Å². The molecule has 6 heteroatoms. The van der Waals surface area contributed by atoms with E-state index in [0.717, 1.165) is 5.56 Å². The first-order valence-electron chi connectivity index (χ1n) is 6.19. The zero-order valence-electron chi connectivity index (χ0n) is 11.5. The summed E-state index contributed by atoms with van der Waals surface area (Å²) in [5.74, 6) is -0.477. The fourth-order valence-corrected chi connectivity index (χ4v) is 2.15. The van der Waals surface area contributed by atoms with Gasteiger partial charge in [-0.05, 0) is 36.8 Å². The van der Waals surface area contributed by atoms with Crippen LogP contribution in [0, 0.1) is 17.0 Å². The Kier molecular flexibility index (Phi) is 4.23. The van der Waals surface area contributed by atoms with Crippen molar-refractivity contribution in [3.05, 3.63) is 68.7 Å². The fraction of sp³-hybridized carbons (Fsp3) is 0.133. The van der Waals surface area contributed by atoms with Crippen LogP contribution in [0.5, 0.6) is 0 Å². The maximum Gasteiger partial charge on any atom is 0.282 e. The molecule has 2 rings (SSSR count). The number of nitrogens with zero attached hydrogens (tertiary/aromatic N) is 2. The number of nitro benzene ring substituents is 1. The SMILES string of the molecule is Cc1cccc(N(C)C(=O)c2cc(Cl)ccc2[N+](=O)[O-])c1. The summed E-state index contributed by atoms with van der Waals surface area (Å²) in [4.78, 5) is 24.3. The van der Waals surface area contributed by atoms with Crippen molar-refractivity contribution in [2.24, 2.45) is 0 Å².